The van der Waals surface area contributed by atoms with Crippen LogP contribution in [0, 0.1) is 13.8 Å². The first-order valence-corrected chi connectivity index (χ1v) is 9.24. The summed E-state index contributed by atoms with van der Waals surface area (Å²) < 4.78 is 26.1. The Balaban J connectivity index is 2.01. The number of nitrogens with one attached hydrogen (secondary N) is 1. The molecule has 0 fully saturated rings. The van der Waals surface area contributed by atoms with E-state index in [1.165, 1.54) is 0 Å². The van der Waals surface area contributed by atoms with E-state index in [4.69, 9.17) is 0 Å². The summed E-state index contributed by atoms with van der Waals surface area (Å²) in [7, 11) is -3.52. The van der Waals surface area contributed by atoms with E-state index in [-0.39, 0.29) is 6.54 Å². The van der Waals surface area contributed by atoms with Crippen LogP contribution >= 0.6 is 0 Å². The van der Waals surface area contributed by atoms with Gasteiger partial charge in [-0.1, -0.05) is 42.0 Å². The molecule has 0 bridgehead atoms. The van der Waals surface area contributed by atoms with Crippen molar-refractivity contribution >= 4 is 9.84 Å². The summed E-state index contributed by atoms with van der Waals surface area (Å²) in [6.45, 7) is 3.99. The van der Waals surface area contributed by atoms with Crippen molar-refractivity contribution < 1.29 is 13.5 Å². The normalized spacial score (nSPS) is 21.5. The standard InChI is InChI=1S/C18H21NO3S/c1-12-7-8-17(13(2)9-12)23(21,22)18-10-14-5-3-4-6-15(14)16(20)11-19-18/h3-9,16,18-20H,10-11H2,1-2H3. The smallest absolute Gasteiger partial charge is 0.194 e. The lowest BCUT2D eigenvalue weighted by Gasteiger charge is -2.19. The maximum Gasteiger partial charge on any atom is 0.194 e. The van der Waals surface area contributed by atoms with Crippen molar-refractivity contribution in [1.29, 1.82) is 0 Å². The fourth-order valence-corrected chi connectivity index (χ4v) is 4.95. The summed E-state index contributed by atoms with van der Waals surface area (Å²) in [6.07, 6.45) is -0.339. The second-order valence-corrected chi connectivity index (χ2v) is 8.23. The van der Waals surface area contributed by atoms with Crippen LogP contribution in [0.3, 0.4) is 0 Å². The molecule has 1 aliphatic rings. The molecule has 0 saturated carbocycles. The van der Waals surface area contributed by atoms with Crippen LogP contribution in [0.25, 0.3) is 0 Å². The number of aliphatic hydroxyl groups is 1. The average Bonchev–Trinajstić information content (AvgIpc) is 2.67. The Morgan fingerprint density at radius 3 is 2.61 bits per heavy atom. The molecule has 0 aliphatic carbocycles. The van der Waals surface area contributed by atoms with Crippen molar-refractivity contribution in [2.75, 3.05) is 6.54 Å². The SMILES string of the molecule is Cc1ccc(S(=O)(=O)C2Cc3ccccc3C(O)CN2)c(C)c1. The molecule has 2 atom stereocenters. The van der Waals surface area contributed by atoms with E-state index in [2.05, 4.69) is 5.32 Å². The molecule has 2 unspecified atom stereocenters. The van der Waals surface area contributed by atoms with E-state index < -0.39 is 21.3 Å². The zero-order valence-corrected chi connectivity index (χ0v) is 14.1. The van der Waals surface area contributed by atoms with Gasteiger partial charge in [0, 0.05) is 13.0 Å². The third-order valence-electron chi connectivity index (χ3n) is 4.37. The largest absolute Gasteiger partial charge is 0.387 e. The summed E-state index contributed by atoms with van der Waals surface area (Å²) in [4.78, 5) is 0.356. The minimum absolute atomic E-state index is 0.228. The molecule has 3 rings (SSSR count). The van der Waals surface area contributed by atoms with Gasteiger partial charge in [-0.05, 0) is 36.6 Å². The second kappa shape index (κ2) is 6.07. The monoisotopic (exact) mass is 331 g/mol. The van der Waals surface area contributed by atoms with Crippen LogP contribution in [0.5, 0.6) is 0 Å². The van der Waals surface area contributed by atoms with E-state index in [1.54, 1.807) is 6.07 Å². The quantitative estimate of drug-likeness (QED) is 0.886. The van der Waals surface area contributed by atoms with Gasteiger partial charge in [-0.25, -0.2) is 8.42 Å². The minimum atomic E-state index is -3.52. The van der Waals surface area contributed by atoms with E-state index >= 15 is 0 Å². The predicted molar refractivity (Wildman–Crippen MR) is 90.0 cm³/mol. The van der Waals surface area contributed by atoms with E-state index in [1.807, 2.05) is 50.2 Å². The van der Waals surface area contributed by atoms with Gasteiger partial charge in [-0.2, -0.15) is 0 Å². The number of benzene rings is 2. The van der Waals surface area contributed by atoms with Crippen LogP contribution in [0.15, 0.2) is 47.4 Å². The number of hydrogen-bond acceptors (Lipinski definition) is 4. The molecule has 0 aromatic heterocycles. The molecule has 2 aromatic rings. The van der Waals surface area contributed by atoms with Crippen molar-refractivity contribution in [3.05, 3.63) is 64.7 Å². The lowest BCUT2D eigenvalue weighted by Crippen LogP contribution is -2.39. The summed E-state index contributed by atoms with van der Waals surface area (Å²) >= 11 is 0. The highest BCUT2D eigenvalue weighted by Gasteiger charge is 2.32. The Labute approximate surface area is 137 Å². The average molecular weight is 331 g/mol. The topological polar surface area (TPSA) is 66.4 Å². The number of aliphatic hydroxyl groups excluding tert-OH is 1. The number of aryl methyl sites for hydroxylation is 2. The van der Waals surface area contributed by atoms with Crippen molar-refractivity contribution in [3.63, 3.8) is 0 Å². The summed E-state index contributed by atoms with van der Waals surface area (Å²) in [5, 5.41) is 12.5. The van der Waals surface area contributed by atoms with Crippen LogP contribution in [0.2, 0.25) is 0 Å². The number of fused-ring (bicyclic) bond motifs is 1. The fraction of sp³-hybridized carbons (Fsp3) is 0.333. The van der Waals surface area contributed by atoms with Gasteiger partial charge in [0.15, 0.2) is 9.84 Å². The number of sulfone groups is 1. The van der Waals surface area contributed by atoms with Crippen molar-refractivity contribution in [2.24, 2.45) is 0 Å². The van der Waals surface area contributed by atoms with E-state index in [9.17, 15) is 13.5 Å². The third kappa shape index (κ3) is 3.04. The van der Waals surface area contributed by atoms with Crippen LogP contribution in [-0.4, -0.2) is 25.4 Å². The maximum atomic E-state index is 13.0. The number of hydrogen-bond donors (Lipinski definition) is 2. The van der Waals surface area contributed by atoms with Crippen molar-refractivity contribution in [2.45, 2.75) is 36.6 Å². The Kier molecular flexibility index (Phi) is 4.27. The molecule has 0 radical (unpaired) electrons. The van der Waals surface area contributed by atoms with Gasteiger partial charge in [-0.3, -0.25) is 5.32 Å². The van der Waals surface area contributed by atoms with Gasteiger partial charge in [-0.15, -0.1) is 0 Å². The molecule has 4 nitrogen and oxygen atoms in total. The summed E-state index contributed by atoms with van der Waals surface area (Å²) in [5.74, 6) is 0. The molecule has 0 spiro atoms. The Hall–Kier alpha value is -1.69. The highest BCUT2D eigenvalue weighted by Crippen LogP contribution is 2.27. The second-order valence-electron chi connectivity index (χ2n) is 6.13. The highest BCUT2D eigenvalue weighted by molar-refractivity contribution is 7.92. The zero-order valence-electron chi connectivity index (χ0n) is 13.3. The van der Waals surface area contributed by atoms with Crippen LogP contribution in [0.1, 0.15) is 28.4 Å². The highest BCUT2D eigenvalue weighted by atomic mass is 32.2. The molecule has 2 N–H and O–H groups in total. The first kappa shape index (κ1) is 16.2. The molecule has 122 valence electrons. The molecule has 1 heterocycles. The van der Waals surface area contributed by atoms with Gasteiger partial charge in [0.05, 0.1) is 11.0 Å². The first-order valence-electron chi connectivity index (χ1n) is 7.70. The Morgan fingerprint density at radius 2 is 1.87 bits per heavy atom. The van der Waals surface area contributed by atoms with Crippen molar-refractivity contribution in [3.8, 4) is 0 Å². The van der Waals surface area contributed by atoms with Gasteiger partial charge in [0.1, 0.15) is 5.37 Å². The van der Waals surface area contributed by atoms with Crippen LogP contribution in [-0.2, 0) is 16.3 Å². The fourth-order valence-electron chi connectivity index (χ4n) is 3.16. The van der Waals surface area contributed by atoms with Gasteiger partial charge >= 0.3 is 0 Å². The molecule has 0 saturated heterocycles. The lowest BCUT2D eigenvalue weighted by molar-refractivity contribution is 0.177. The number of β-amino-alcohol motifs (C(OH)–C–C–N with tert-alkyl or cyclic N) is 1. The Bertz CT molecular complexity index is 830. The molecule has 2 aromatic carbocycles. The molecular weight excluding hydrogens is 310 g/mol. The molecule has 0 amide bonds. The lowest BCUT2D eigenvalue weighted by atomic mass is 10.0. The third-order valence-corrected chi connectivity index (χ3v) is 6.52. The molecular formula is C18H21NO3S. The van der Waals surface area contributed by atoms with Crippen LogP contribution < -0.4 is 5.32 Å². The van der Waals surface area contributed by atoms with Gasteiger partial charge < -0.3 is 5.11 Å². The van der Waals surface area contributed by atoms with Gasteiger partial charge in [0.2, 0.25) is 0 Å². The van der Waals surface area contributed by atoms with E-state index in [0.717, 1.165) is 22.3 Å². The van der Waals surface area contributed by atoms with Crippen molar-refractivity contribution in [1.82, 2.24) is 5.32 Å². The summed E-state index contributed by atoms with van der Waals surface area (Å²) in [6, 6.07) is 12.9. The predicted octanol–water partition coefficient (Wildman–Crippen LogP) is 2.28. The molecule has 5 heteroatoms. The zero-order chi connectivity index (χ0) is 16.6. The molecule has 1 aliphatic heterocycles. The minimum Gasteiger partial charge on any atom is -0.387 e. The number of rotatable bonds is 2. The van der Waals surface area contributed by atoms with Crippen LogP contribution in [0.4, 0.5) is 0 Å². The first-order chi connectivity index (χ1) is 10.9. The maximum absolute atomic E-state index is 13.0. The molecule has 23 heavy (non-hydrogen) atoms. The van der Waals surface area contributed by atoms with E-state index in [0.29, 0.717) is 11.3 Å². The Morgan fingerprint density at radius 1 is 1.13 bits per heavy atom. The van der Waals surface area contributed by atoms with Gasteiger partial charge in [0.25, 0.3) is 0 Å². The summed E-state index contributed by atoms with van der Waals surface area (Å²) in [5.41, 5.74) is 3.47.